The molecule has 0 heterocycles. The van der Waals surface area contributed by atoms with E-state index in [1.165, 1.54) is 6.08 Å². The van der Waals surface area contributed by atoms with Crippen molar-refractivity contribution in [2.24, 2.45) is 0 Å². The van der Waals surface area contributed by atoms with Crippen LogP contribution in [0.15, 0.2) is 60.7 Å². The van der Waals surface area contributed by atoms with E-state index in [-0.39, 0.29) is 11.8 Å². The van der Waals surface area contributed by atoms with Crippen LogP contribution in [0.3, 0.4) is 0 Å². The van der Waals surface area contributed by atoms with Crippen LogP contribution in [0.2, 0.25) is 0 Å². The Balaban J connectivity index is 1.94. The zero-order valence-corrected chi connectivity index (χ0v) is 12.4. The summed E-state index contributed by atoms with van der Waals surface area (Å²) in [5, 5.41) is 5.48. The molecule has 2 amide bonds. The van der Waals surface area contributed by atoms with Gasteiger partial charge in [0.05, 0.1) is 0 Å². The van der Waals surface area contributed by atoms with Gasteiger partial charge in [0.2, 0.25) is 5.91 Å². The molecule has 0 bridgehead atoms. The van der Waals surface area contributed by atoms with Gasteiger partial charge in [0, 0.05) is 23.9 Å². The Hall–Kier alpha value is -2.88. The molecule has 0 aromatic heterocycles. The fourth-order valence-corrected chi connectivity index (χ4v) is 1.89. The molecule has 2 aromatic carbocycles. The SMILES string of the molecule is CCNC(=O)c1ccc(NC(=O)/C=C/c2ccccc2)cc1. The lowest BCUT2D eigenvalue weighted by Gasteiger charge is -2.05. The Labute approximate surface area is 129 Å². The minimum Gasteiger partial charge on any atom is -0.352 e. The van der Waals surface area contributed by atoms with Gasteiger partial charge in [-0.1, -0.05) is 30.3 Å². The van der Waals surface area contributed by atoms with Gasteiger partial charge in [-0.25, -0.2) is 0 Å². The number of hydrogen-bond donors (Lipinski definition) is 2. The Morgan fingerprint density at radius 3 is 2.32 bits per heavy atom. The average molecular weight is 294 g/mol. The van der Waals surface area contributed by atoms with E-state index in [2.05, 4.69) is 10.6 Å². The number of nitrogens with one attached hydrogen (secondary N) is 2. The Kier molecular flexibility index (Phi) is 5.49. The second-order valence-electron chi connectivity index (χ2n) is 4.67. The zero-order valence-electron chi connectivity index (χ0n) is 12.4. The van der Waals surface area contributed by atoms with Gasteiger partial charge in [0.15, 0.2) is 0 Å². The molecule has 0 saturated carbocycles. The lowest BCUT2D eigenvalue weighted by molar-refractivity contribution is -0.111. The third kappa shape index (κ3) is 4.59. The topological polar surface area (TPSA) is 58.2 Å². The van der Waals surface area contributed by atoms with E-state index < -0.39 is 0 Å². The van der Waals surface area contributed by atoms with E-state index in [0.717, 1.165) is 5.56 Å². The van der Waals surface area contributed by atoms with Crippen molar-refractivity contribution in [2.45, 2.75) is 6.92 Å². The van der Waals surface area contributed by atoms with Gasteiger partial charge in [-0.05, 0) is 42.8 Å². The van der Waals surface area contributed by atoms with Crippen molar-refractivity contribution in [3.63, 3.8) is 0 Å². The summed E-state index contributed by atoms with van der Waals surface area (Å²) in [7, 11) is 0. The Bertz CT molecular complexity index is 661. The maximum absolute atomic E-state index is 11.8. The van der Waals surface area contributed by atoms with Gasteiger partial charge >= 0.3 is 0 Å². The van der Waals surface area contributed by atoms with E-state index in [1.54, 1.807) is 30.3 Å². The summed E-state index contributed by atoms with van der Waals surface area (Å²) < 4.78 is 0. The highest BCUT2D eigenvalue weighted by Crippen LogP contribution is 2.10. The molecule has 0 atom stereocenters. The second kappa shape index (κ2) is 7.78. The van der Waals surface area contributed by atoms with Crippen molar-refractivity contribution in [2.75, 3.05) is 11.9 Å². The summed E-state index contributed by atoms with van der Waals surface area (Å²) in [4.78, 5) is 23.5. The molecule has 4 heteroatoms. The van der Waals surface area contributed by atoms with Gasteiger partial charge in [-0.15, -0.1) is 0 Å². The predicted molar refractivity (Wildman–Crippen MR) is 88.6 cm³/mol. The van der Waals surface area contributed by atoms with Gasteiger partial charge < -0.3 is 10.6 Å². The molecule has 0 aliphatic rings. The maximum atomic E-state index is 11.8. The normalized spacial score (nSPS) is 10.4. The van der Waals surface area contributed by atoms with Crippen LogP contribution in [0.5, 0.6) is 0 Å². The van der Waals surface area contributed by atoms with Crippen molar-refractivity contribution in [1.29, 1.82) is 0 Å². The molecule has 2 aromatic rings. The zero-order chi connectivity index (χ0) is 15.8. The molecule has 112 valence electrons. The van der Waals surface area contributed by atoms with Gasteiger partial charge in [-0.2, -0.15) is 0 Å². The first-order valence-corrected chi connectivity index (χ1v) is 7.11. The first-order valence-electron chi connectivity index (χ1n) is 7.11. The summed E-state index contributed by atoms with van der Waals surface area (Å²) in [5.41, 5.74) is 2.18. The fraction of sp³-hybridized carbons (Fsp3) is 0.111. The smallest absolute Gasteiger partial charge is 0.251 e. The number of carbonyl (C=O) groups excluding carboxylic acids is 2. The van der Waals surface area contributed by atoms with Crippen LogP contribution in [-0.2, 0) is 4.79 Å². The van der Waals surface area contributed by atoms with Crippen LogP contribution in [0.4, 0.5) is 5.69 Å². The molecule has 4 nitrogen and oxygen atoms in total. The van der Waals surface area contributed by atoms with E-state index in [9.17, 15) is 9.59 Å². The lowest BCUT2D eigenvalue weighted by Crippen LogP contribution is -2.22. The number of amides is 2. The molecule has 0 unspecified atom stereocenters. The van der Waals surface area contributed by atoms with E-state index >= 15 is 0 Å². The predicted octanol–water partition coefficient (Wildman–Crippen LogP) is 3.09. The molecule has 0 fully saturated rings. The van der Waals surface area contributed by atoms with Gasteiger partial charge in [0.25, 0.3) is 5.91 Å². The standard InChI is InChI=1S/C18H18N2O2/c1-2-19-18(22)15-9-11-16(12-10-15)20-17(21)13-8-14-6-4-3-5-7-14/h3-13H,2H2,1H3,(H,19,22)(H,20,21)/b13-8+. The van der Waals surface area contributed by atoms with Crippen molar-refractivity contribution >= 4 is 23.6 Å². The number of rotatable bonds is 5. The number of anilines is 1. The van der Waals surface area contributed by atoms with Crippen LogP contribution in [0.1, 0.15) is 22.8 Å². The first-order chi connectivity index (χ1) is 10.7. The molecule has 0 spiro atoms. The number of benzene rings is 2. The Morgan fingerprint density at radius 1 is 1.00 bits per heavy atom. The largest absolute Gasteiger partial charge is 0.352 e. The molecule has 0 aliphatic heterocycles. The van der Waals surface area contributed by atoms with E-state index in [1.807, 2.05) is 37.3 Å². The number of carbonyl (C=O) groups is 2. The quantitative estimate of drug-likeness (QED) is 0.833. The van der Waals surface area contributed by atoms with Crippen LogP contribution >= 0.6 is 0 Å². The molecule has 0 radical (unpaired) electrons. The van der Waals surface area contributed by atoms with Crippen molar-refractivity contribution < 1.29 is 9.59 Å². The molecule has 2 N–H and O–H groups in total. The van der Waals surface area contributed by atoms with Gasteiger partial charge in [-0.3, -0.25) is 9.59 Å². The molecule has 22 heavy (non-hydrogen) atoms. The van der Waals surface area contributed by atoms with Crippen LogP contribution in [0.25, 0.3) is 6.08 Å². The first kappa shape index (κ1) is 15.5. The minimum absolute atomic E-state index is 0.121. The van der Waals surface area contributed by atoms with Crippen LogP contribution in [0, 0.1) is 0 Å². The summed E-state index contributed by atoms with van der Waals surface area (Å²) in [6, 6.07) is 16.4. The Morgan fingerprint density at radius 2 is 1.68 bits per heavy atom. The average Bonchev–Trinajstić information content (AvgIpc) is 2.55. The third-order valence-electron chi connectivity index (χ3n) is 2.98. The highest BCUT2D eigenvalue weighted by molar-refractivity contribution is 6.02. The maximum Gasteiger partial charge on any atom is 0.251 e. The summed E-state index contributed by atoms with van der Waals surface area (Å²) in [6.45, 7) is 2.45. The summed E-state index contributed by atoms with van der Waals surface area (Å²) in [6.07, 6.45) is 3.23. The van der Waals surface area contributed by atoms with Crippen LogP contribution < -0.4 is 10.6 Å². The summed E-state index contributed by atoms with van der Waals surface area (Å²) >= 11 is 0. The molecular weight excluding hydrogens is 276 g/mol. The summed E-state index contributed by atoms with van der Waals surface area (Å²) in [5.74, 6) is -0.334. The molecule has 2 rings (SSSR count). The lowest BCUT2D eigenvalue weighted by atomic mass is 10.2. The second-order valence-corrected chi connectivity index (χ2v) is 4.67. The van der Waals surface area contributed by atoms with Crippen molar-refractivity contribution in [1.82, 2.24) is 5.32 Å². The molecule has 0 aliphatic carbocycles. The van der Waals surface area contributed by atoms with Gasteiger partial charge in [0.1, 0.15) is 0 Å². The minimum atomic E-state index is -0.213. The number of hydrogen-bond acceptors (Lipinski definition) is 2. The molecule has 0 saturated heterocycles. The third-order valence-corrected chi connectivity index (χ3v) is 2.98. The highest BCUT2D eigenvalue weighted by Gasteiger charge is 2.04. The van der Waals surface area contributed by atoms with E-state index in [4.69, 9.17) is 0 Å². The van der Waals surface area contributed by atoms with E-state index in [0.29, 0.717) is 17.8 Å². The molecular formula is C18H18N2O2. The van der Waals surface area contributed by atoms with Crippen LogP contribution in [-0.4, -0.2) is 18.4 Å². The van der Waals surface area contributed by atoms with Crippen molar-refractivity contribution in [3.05, 3.63) is 71.8 Å². The van der Waals surface area contributed by atoms with Crippen molar-refractivity contribution in [3.8, 4) is 0 Å². The fourth-order valence-electron chi connectivity index (χ4n) is 1.89. The monoisotopic (exact) mass is 294 g/mol. The highest BCUT2D eigenvalue weighted by atomic mass is 16.2.